The highest BCUT2D eigenvalue weighted by molar-refractivity contribution is 9.10. The van der Waals surface area contributed by atoms with Gasteiger partial charge in [0.2, 0.25) is 0 Å². The summed E-state index contributed by atoms with van der Waals surface area (Å²) in [6.45, 7) is -0.243. The lowest BCUT2D eigenvalue weighted by Crippen LogP contribution is -2.41. The maximum atomic E-state index is 12.6. The van der Waals surface area contributed by atoms with Crippen molar-refractivity contribution in [3.8, 4) is 11.1 Å². The van der Waals surface area contributed by atoms with Crippen LogP contribution in [-0.2, 0) is 9.53 Å². The molecule has 1 atom stereocenters. The molecule has 35 heavy (non-hydrogen) atoms. The number of hydrogen-bond donors (Lipinski definition) is 4. The molecule has 4 rings (SSSR count). The monoisotopic (exact) mass is 538 g/mol. The van der Waals surface area contributed by atoms with Gasteiger partial charge in [-0.25, -0.2) is 9.59 Å². The molecule has 1 aliphatic carbocycles. The van der Waals surface area contributed by atoms with Gasteiger partial charge in [0.05, 0.1) is 5.56 Å². The van der Waals surface area contributed by atoms with Gasteiger partial charge in [-0.2, -0.15) is 0 Å². The summed E-state index contributed by atoms with van der Waals surface area (Å²) in [4.78, 5) is 36.4. The number of carbonyl (C=O) groups is 3. The van der Waals surface area contributed by atoms with Crippen molar-refractivity contribution in [3.63, 3.8) is 0 Å². The minimum Gasteiger partial charge on any atom is -0.480 e. The van der Waals surface area contributed by atoms with Crippen LogP contribution in [0.25, 0.3) is 11.1 Å². The van der Waals surface area contributed by atoms with Crippen LogP contribution >= 0.6 is 15.9 Å². The molecule has 0 aromatic heterocycles. The van der Waals surface area contributed by atoms with Crippen molar-refractivity contribution in [2.75, 3.05) is 18.5 Å². The summed E-state index contributed by atoms with van der Waals surface area (Å²) < 4.78 is 5.95. The van der Waals surface area contributed by atoms with Crippen LogP contribution in [0.3, 0.4) is 0 Å². The zero-order chi connectivity index (χ0) is 24.9. The Morgan fingerprint density at radius 1 is 0.971 bits per heavy atom. The van der Waals surface area contributed by atoms with Crippen LogP contribution < -0.4 is 10.6 Å². The topological polar surface area (TPSA) is 125 Å². The van der Waals surface area contributed by atoms with Crippen LogP contribution in [0.15, 0.2) is 71.2 Å². The van der Waals surface area contributed by atoms with Crippen molar-refractivity contribution in [2.24, 2.45) is 0 Å². The molecule has 4 N–H and O–H groups in total. The number of ether oxygens (including phenoxy) is 1. The van der Waals surface area contributed by atoms with Crippen LogP contribution in [0.2, 0.25) is 0 Å². The number of anilines is 1. The molecule has 1 aliphatic rings. The lowest BCUT2D eigenvalue weighted by molar-refractivity contribution is -0.139. The Kier molecular flexibility index (Phi) is 7.48. The van der Waals surface area contributed by atoms with Crippen LogP contribution in [0.4, 0.5) is 10.5 Å². The summed E-state index contributed by atoms with van der Waals surface area (Å²) in [5, 5.41) is 23.2. The first-order valence-corrected chi connectivity index (χ1v) is 11.7. The molecule has 0 radical (unpaired) electrons. The summed E-state index contributed by atoms with van der Waals surface area (Å²) >= 11 is 3.27. The van der Waals surface area contributed by atoms with Gasteiger partial charge in [-0.15, -0.1) is 0 Å². The third-order valence-corrected chi connectivity index (χ3v) is 6.51. The Bertz CT molecular complexity index is 1230. The van der Waals surface area contributed by atoms with E-state index < -0.39 is 24.0 Å². The first-order chi connectivity index (χ1) is 16.9. The number of amides is 2. The molecule has 0 heterocycles. The van der Waals surface area contributed by atoms with Gasteiger partial charge >= 0.3 is 12.1 Å². The second-order valence-electron chi connectivity index (χ2n) is 8.02. The number of halogens is 1. The Labute approximate surface area is 210 Å². The van der Waals surface area contributed by atoms with Crippen molar-refractivity contribution in [3.05, 3.63) is 87.9 Å². The standard InChI is InChI=1S/C26H23BrN2O6/c27-22-10-9-15(13-20(22)24(31)29-23(11-12-30)25(32)33)28-26(34)35-14-21-18-7-3-1-5-16(18)17-6-2-4-8-19(17)21/h1-10,13,21,23,30H,11-12,14H2,(H,28,34)(H,29,31)(H,32,33). The number of aliphatic carboxylic acids is 1. The van der Waals surface area contributed by atoms with Crippen molar-refractivity contribution < 1.29 is 29.3 Å². The van der Waals surface area contributed by atoms with E-state index in [1.807, 2.05) is 36.4 Å². The molecular weight excluding hydrogens is 516 g/mol. The largest absolute Gasteiger partial charge is 0.480 e. The number of aliphatic hydroxyl groups excluding tert-OH is 1. The maximum Gasteiger partial charge on any atom is 0.411 e. The fourth-order valence-corrected chi connectivity index (χ4v) is 4.58. The van der Waals surface area contributed by atoms with E-state index in [0.717, 1.165) is 22.3 Å². The van der Waals surface area contributed by atoms with Crippen LogP contribution in [0, 0.1) is 0 Å². The number of rotatable bonds is 8. The fourth-order valence-electron chi connectivity index (χ4n) is 4.15. The molecule has 3 aromatic rings. The highest BCUT2D eigenvalue weighted by Crippen LogP contribution is 2.44. The summed E-state index contributed by atoms with van der Waals surface area (Å²) in [7, 11) is 0. The van der Waals surface area contributed by atoms with Crippen LogP contribution in [0.5, 0.6) is 0 Å². The zero-order valence-corrected chi connectivity index (χ0v) is 20.1. The van der Waals surface area contributed by atoms with Crippen molar-refractivity contribution in [1.29, 1.82) is 0 Å². The average Bonchev–Trinajstić information content (AvgIpc) is 3.17. The lowest BCUT2D eigenvalue weighted by atomic mass is 9.98. The normalized spacial score (nSPS) is 12.9. The number of carboxylic acid groups (broad SMARTS) is 1. The van der Waals surface area contributed by atoms with E-state index in [1.54, 1.807) is 12.1 Å². The van der Waals surface area contributed by atoms with Gasteiger partial charge in [-0.3, -0.25) is 10.1 Å². The molecule has 9 heteroatoms. The van der Waals surface area contributed by atoms with Crippen molar-refractivity contribution >= 4 is 39.6 Å². The van der Waals surface area contributed by atoms with E-state index in [1.165, 1.54) is 6.07 Å². The highest BCUT2D eigenvalue weighted by Gasteiger charge is 2.29. The minimum atomic E-state index is -1.25. The molecule has 0 saturated carbocycles. The number of carboxylic acids is 1. The van der Waals surface area contributed by atoms with E-state index in [9.17, 15) is 19.5 Å². The Hall–Kier alpha value is -3.69. The molecule has 8 nitrogen and oxygen atoms in total. The van der Waals surface area contributed by atoms with Crippen molar-refractivity contribution in [2.45, 2.75) is 18.4 Å². The summed E-state index contributed by atoms with van der Waals surface area (Å²) in [6.07, 6.45) is -0.805. The summed E-state index contributed by atoms with van der Waals surface area (Å²) in [5.74, 6) is -2.00. The van der Waals surface area contributed by atoms with E-state index in [0.29, 0.717) is 10.2 Å². The molecule has 0 fully saturated rings. The predicted molar refractivity (Wildman–Crippen MR) is 133 cm³/mol. The number of carbonyl (C=O) groups excluding carboxylic acids is 2. The second-order valence-corrected chi connectivity index (χ2v) is 8.88. The fraction of sp³-hybridized carbons (Fsp3) is 0.192. The van der Waals surface area contributed by atoms with E-state index in [4.69, 9.17) is 9.84 Å². The molecule has 0 bridgehead atoms. The van der Waals surface area contributed by atoms with E-state index >= 15 is 0 Å². The number of aliphatic hydroxyl groups is 1. The first-order valence-electron chi connectivity index (χ1n) is 10.9. The summed E-state index contributed by atoms with van der Waals surface area (Å²) in [6, 6.07) is 19.4. The van der Waals surface area contributed by atoms with Gasteiger partial charge in [-0.1, -0.05) is 48.5 Å². The Balaban J connectivity index is 1.43. The molecule has 0 saturated heterocycles. The molecule has 0 aliphatic heterocycles. The van der Waals surface area contributed by atoms with Crippen molar-refractivity contribution in [1.82, 2.24) is 5.32 Å². The maximum absolute atomic E-state index is 12.6. The molecular formula is C26H23BrN2O6. The van der Waals surface area contributed by atoms with Crippen LogP contribution in [0.1, 0.15) is 33.8 Å². The van der Waals surface area contributed by atoms with Gasteiger partial charge in [0.15, 0.2) is 0 Å². The molecule has 2 amide bonds. The van der Waals surface area contributed by atoms with Gasteiger partial charge in [0.25, 0.3) is 5.91 Å². The molecule has 3 aromatic carbocycles. The lowest BCUT2D eigenvalue weighted by Gasteiger charge is -2.16. The Morgan fingerprint density at radius 3 is 2.20 bits per heavy atom. The van der Waals surface area contributed by atoms with E-state index in [2.05, 4.69) is 38.7 Å². The molecule has 0 spiro atoms. The average molecular weight is 539 g/mol. The highest BCUT2D eigenvalue weighted by atomic mass is 79.9. The van der Waals surface area contributed by atoms with Gasteiger partial charge in [0.1, 0.15) is 12.6 Å². The zero-order valence-electron chi connectivity index (χ0n) is 18.5. The number of benzene rings is 3. The SMILES string of the molecule is O=C(Nc1ccc(Br)c(C(=O)NC(CCO)C(=O)O)c1)OCC1c2ccccc2-c2ccccc21. The Morgan fingerprint density at radius 2 is 1.60 bits per heavy atom. The smallest absolute Gasteiger partial charge is 0.411 e. The molecule has 1 unspecified atom stereocenters. The number of fused-ring (bicyclic) bond motifs is 3. The first kappa shape index (κ1) is 24.4. The third-order valence-electron chi connectivity index (χ3n) is 5.82. The molecule has 180 valence electrons. The van der Waals surface area contributed by atoms with Gasteiger partial charge in [0, 0.05) is 29.1 Å². The van der Waals surface area contributed by atoms with Gasteiger partial charge < -0.3 is 20.3 Å². The minimum absolute atomic E-state index is 0.0844. The predicted octanol–water partition coefficient (Wildman–Crippen LogP) is 4.38. The number of hydrogen-bond acceptors (Lipinski definition) is 5. The third kappa shape index (κ3) is 5.36. The number of nitrogens with one attached hydrogen (secondary N) is 2. The summed E-state index contributed by atoms with van der Waals surface area (Å²) in [5.41, 5.74) is 4.89. The second kappa shape index (κ2) is 10.7. The quantitative estimate of drug-likeness (QED) is 0.337. The van der Waals surface area contributed by atoms with Crippen LogP contribution in [-0.4, -0.2) is 47.4 Å². The van der Waals surface area contributed by atoms with Gasteiger partial charge in [-0.05, 0) is 56.4 Å². The van der Waals surface area contributed by atoms with E-state index in [-0.39, 0.29) is 31.1 Å².